The highest BCUT2D eigenvalue weighted by atomic mass is 31.2. The van der Waals surface area contributed by atoms with Gasteiger partial charge in [-0.2, -0.15) is 0 Å². The summed E-state index contributed by atoms with van der Waals surface area (Å²) in [7, 11) is 1.06. The topological polar surface area (TPSA) is 131 Å². The van der Waals surface area contributed by atoms with Crippen molar-refractivity contribution in [2.24, 2.45) is 0 Å². The minimum Gasteiger partial charge on any atom is -0.756 e. The van der Waals surface area contributed by atoms with Gasteiger partial charge in [0.05, 0.1) is 33.9 Å². The molecule has 328 valence electrons. The van der Waals surface area contributed by atoms with E-state index in [1.807, 2.05) is 45.4 Å². The molecule has 1 N–H and O–H groups in total. The SMILES string of the molecule is CC/C=C/C/C=C/C=C/C(O)CCCCCCCC(=O)O[C@H](COC(=O)CCC/C=C\C/C=C\C/C=C\CCCCCCCC)COP(=O)([O-])OCC[N+](C)(C)C. The zero-order valence-electron chi connectivity index (χ0n) is 36.4. The lowest BCUT2D eigenvalue weighted by Gasteiger charge is -2.28. The van der Waals surface area contributed by atoms with Crippen LogP contribution in [0.4, 0.5) is 0 Å². The number of rotatable bonds is 38. The number of hydrogen-bond acceptors (Lipinski definition) is 9. The molecule has 0 amide bonds. The molecule has 0 fully saturated rings. The van der Waals surface area contributed by atoms with E-state index in [9.17, 15) is 24.2 Å². The molecule has 0 heterocycles. The summed E-state index contributed by atoms with van der Waals surface area (Å²) in [4.78, 5) is 37.5. The zero-order valence-corrected chi connectivity index (χ0v) is 37.3. The van der Waals surface area contributed by atoms with Gasteiger partial charge >= 0.3 is 11.9 Å². The van der Waals surface area contributed by atoms with Gasteiger partial charge in [-0.3, -0.25) is 14.2 Å². The van der Waals surface area contributed by atoms with E-state index in [4.69, 9.17) is 18.5 Å². The Hall–Kier alpha value is -2.59. The number of carbonyl (C=O) groups excluding carboxylic acids is 2. The van der Waals surface area contributed by atoms with E-state index in [1.54, 1.807) is 6.08 Å². The third-order valence-corrected chi connectivity index (χ3v) is 9.78. The molecule has 11 heteroatoms. The number of likely N-dealkylation sites (N-methyl/N-ethyl adjacent to an activating group) is 1. The molecule has 0 radical (unpaired) electrons. The van der Waals surface area contributed by atoms with Crippen LogP contribution in [0.25, 0.3) is 0 Å². The Morgan fingerprint density at radius 2 is 1.25 bits per heavy atom. The van der Waals surface area contributed by atoms with Crippen molar-refractivity contribution in [2.75, 3.05) is 47.5 Å². The lowest BCUT2D eigenvalue weighted by molar-refractivity contribution is -0.870. The number of quaternary nitrogens is 1. The highest BCUT2D eigenvalue weighted by Gasteiger charge is 2.21. The number of aliphatic hydroxyl groups is 1. The molecule has 57 heavy (non-hydrogen) atoms. The first-order chi connectivity index (χ1) is 27.4. The van der Waals surface area contributed by atoms with Crippen molar-refractivity contribution in [3.05, 3.63) is 72.9 Å². The Kier molecular flexibility index (Phi) is 36.0. The molecule has 0 aliphatic carbocycles. The van der Waals surface area contributed by atoms with Crippen LogP contribution in [0.1, 0.15) is 149 Å². The molecule has 0 aromatic rings. The van der Waals surface area contributed by atoms with Gasteiger partial charge < -0.3 is 33.0 Å². The van der Waals surface area contributed by atoms with Crippen LogP contribution in [0.5, 0.6) is 0 Å². The minimum absolute atomic E-state index is 0.0602. The summed E-state index contributed by atoms with van der Waals surface area (Å²) in [6, 6.07) is 0. The van der Waals surface area contributed by atoms with Gasteiger partial charge in [0.1, 0.15) is 19.8 Å². The smallest absolute Gasteiger partial charge is 0.306 e. The summed E-state index contributed by atoms with van der Waals surface area (Å²) < 4.78 is 33.7. The van der Waals surface area contributed by atoms with Crippen molar-refractivity contribution in [1.82, 2.24) is 0 Å². The molecule has 0 bridgehead atoms. The first-order valence-electron chi connectivity index (χ1n) is 21.8. The summed E-state index contributed by atoms with van der Waals surface area (Å²) >= 11 is 0. The summed E-state index contributed by atoms with van der Waals surface area (Å²) in [6.07, 6.45) is 42.4. The summed E-state index contributed by atoms with van der Waals surface area (Å²) in [5.41, 5.74) is 0. The summed E-state index contributed by atoms with van der Waals surface area (Å²) in [5, 5.41) is 10.2. The molecule has 0 aliphatic heterocycles. The predicted octanol–water partition coefficient (Wildman–Crippen LogP) is 10.6. The molecule has 0 aromatic heterocycles. The average molecular weight is 822 g/mol. The fraction of sp³-hybridized carbons (Fsp3) is 0.696. The number of allylic oxidation sites excluding steroid dienone is 11. The van der Waals surface area contributed by atoms with E-state index >= 15 is 0 Å². The van der Waals surface area contributed by atoms with Crippen LogP contribution in [0.15, 0.2) is 72.9 Å². The number of esters is 2. The number of phosphoric acid groups is 1. The van der Waals surface area contributed by atoms with Crippen molar-refractivity contribution < 1.29 is 47.2 Å². The van der Waals surface area contributed by atoms with E-state index in [-0.39, 0.29) is 26.1 Å². The number of aliphatic hydroxyl groups excluding tert-OH is 1. The van der Waals surface area contributed by atoms with Gasteiger partial charge in [0.15, 0.2) is 6.10 Å². The van der Waals surface area contributed by atoms with Crippen molar-refractivity contribution in [3.63, 3.8) is 0 Å². The standard InChI is InChI=1S/C46H80NO9P/c1-6-8-10-12-14-15-16-17-18-19-20-21-22-23-25-29-33-37-45(49)53-41-44(42-55-57(51,52)54-40-39-47(3,4)5)56-46(50)38-34-30-26-28-32-36-43(48)35-31-27-24-13-11-9-7-2/h9,11,17-18,20-21,23-25,27,31,35,43-44,48H,6-8,10,12-16,19,22,26,28-30,32-34,36-42H2,1-5H3/b11-9+,18-17-,21-20-,25-23-,27-24+,35-31+/t43?,44-/m1/s1. The maximum Gasteiger partial charge on any atom is 0.306 e. The fourth-order valence-corrected chi connectivity index (χ4v) is 6.11. The number of nitrogens with zero attached hydrogens (tertiary/aromatic N) is 1. The Bertz CT molecular complexity index is 1220. The van der Waals surface area contributed by atoms with Crippen LogP contribution in [0.3, 0.4) is 0 Å². The number of unbranched alkanes of at least 4 members (excludes halogenated alkanes) is 11. The van der Waals surface area contributed by atoms with Gasteiger partial charge in [-0.1, -0.05) is 145 Å². The van der Waals surface area contributed by atoms with Crippen LogP contribution in [-0.2, 0) is 32.7 Å². The number of ether oxygens (including phenoxy) is 2. The van der Waals surface area contributed by atoms with E-state index in [0.717, 1.165) is 64.2 Å². The van der Waals surface area contributed by atoms with Crippen molar-refractivity contribution in [2.45, 2.75) is 161 Å². The molecule has 10 nitrogen and oxygen atoms in total. The Labute approximate surface area is 347 Å². The van der Waals surface area contributed by atoms with Crippen LogP contribution in [0.2, 0.25) is 0 Å². The third-order valence-electron chi connectivity index (χ3n) is 8.81. The maximum absolute atomic E-state index is 12.7. The van der Waals surface area contributed by atoms with E-state index in [0.29, 0.717) is 30.3 Å². The van der Waals surface area contributed by atoms with Crippen molar-refractivity contribution in [1.29, 1.82) is 0 Å². The Morgan fingerprint density at radius 1 is 0.667 bits per heavy atom. The second-order valence-corrected chi connectivity index (χ2v) is 16.9. The van der Waals surface area contributed by atoms with Gasteiger partial charge in [0, 0.05) is 12.8 Å². The van der Waals surface area contributed by atoms with Crippen LogP contribution >= 0.6 is 7.82 Å². The fourth-order valence-electron chi connectivity index (χ4n) is 5.38. The second kappa shape index (κ2) is 37.7. The van der Waals surface area contributed by atoms with Gasteiger partial charge in [-0.15, -0.1) is 0 Å². The lowest BCUT2D eigenvalue weighted by atomic mass is 10.1. The molecule has 3 atom stereocenters. The van der Waals surface area contributed by atoms with E-state index < -0.39 is 38.6 Å². The largest absolute Gasteiger partial charge is 0.756 e. The molecule has 2 unspecified atom stereocenters. The second-order valence-electron chi connectivity index (χ2n) is 15.5. The highest BCUT2D eigenvalue weighted by Crippen LogP contribution is 2.38. The molecule has 0 saturated heterocycles. The summed E-state index contributed by atoms with van der Waals surface area (Å²) in [6.45, 7) is 3.89. The predicted molar refractivity (Wildman–Crippen MR) is 232 cm³/mol. The molecule has 0 aromatic carbocycles. The zero-order chi connectivity index (χ0) is 42.3. The van der Waals surface area contributed by atoms with E-state index in [2.05, 4.69) is 56.4 Å². The molecular weight excluding hydrogens is 741 g/mol. The van der Waals surface area contributed by atoms with Gasteiger partial charge in [0.2, 0.25) is 0 Å². The molecule has 0 rings (SSSR count). The minimum atomic E-state index is -4.66. The van der Waals surface area contributed by atoms with Crippen LogP contribution in [0, 0.1) is 0 Å². The van der Waals surface area contributed by atoms with Gasteiger partial charge in [-0.05, 0) is 64.2 Å². The quantitative estimate of drug-likeness (QED) is 0.0161. The first kappa shape index (κ1) is 54.4. The first-order valence-corrected chi connectivity index (χ1v) is 23.2. The number of carbonyl (C=O) groups is 2. The Balaban J connectivity index is 4.55. The Morgan fingerprint density at radius 3 is 1.93 bits per heavy atom. The lowest BCUT2D eigenvalue weighted by Crippen LogP contribution is -2.37. The van der Waals surface area contributed by atoms with Crippen LogP contribution < -0.4 is 4.89 Å². The average Bonchev–Trinajstić information content (AvgIpc) is 3.15. The third kappa shape index (κ3) is 41.4. The van der Waals surface area contributed by atoms with Crippen molar-refractivity contribution >= 4 is 19.8 Å². The van der Waals surface area contributed by atoms with E-state index in [1.165, 1.54) is 38.5 Å². The van der Waals surface area contributed by atoms with Crippen molar-refractivity contribution in [3.8, 4) is 0 Å². The van der Waals surface area contributed by atoms with Gasteiger partial charge in [0.25, 0.3) is 7.82 Å². The molecule has 0 spiro atoms. The molecule has 0 aliphatic rings. The monoisotopic (exact) mass is 822 g/mol. The normalized spacial score (nSPS) is 14.9. The molecular formula is C46H80NO9P. The maximum atomic E-state index is 12.7. The van der Waals surface area contributed by atoms with Gasteiger partial charge in [-0.25, -0.2) is 0 Å². The van der Waals surface area contributed by atoms with Crippen LogP contribution in [-0.4, -0.2) is 81.2 Å². The summed E-state index contributed by atoms with van der Waals surface area (Å²) in [5.74, 6) is -0.980. The number of phosphoric ester groups is 1. The molecule has 0 saturated carbocycles. The number of hydrogen-bond donors (Lipinski definition) is 1. The highest BCUT2D eigenvalue weighted by molar-refractivity contribution is 7.45.